The molecule has 1 aromatic rings. The number of hydrogen-bond acceptors (Lipinski definition) is 4. The minimum atomic E-state index is 0.200. The van der Waals surface area contributed by atoms with Crippen molar-refractivity contribution in [2.75, 3.05) is 33.9 Å². The Morgan fingerprint density at radius 2 is 2.00 bits per heavy atom. The lowest BCUT2D eigenvalue weighted by atomic mass is 9.91. The summed E-state index contributed by atoms with van der Waals surface area (Å²) in [4.78, 5) is 16.2. The van der Waals surface area contributed by atoms with Crippen LogP contribution >= 0.6 is 0 Å². The van der Waals surface area contributed by atoms with E-state index in [2.05, 4.69) is 17.0 Å². The maximum absolute atomic E-state index is 11.7. The Bertz CT molecular complexity index is 575. The molecule has 1 aromatic carbocycles. The molecule has 1 amide bonds. The number of piperidine rings is 1. The first-order chi connectivity index (χ1) is 11.1. The van der Waals surface area contributed by atoms with E-state index in [0.717, 1.165) is 37.7 Å². The monoisotopic (exact) mass is 318 g/mol. The van der Waals surface area contributed by atoms with E-state index in [0.29, 0.717) is 12.0 Å². The number of carbonyl (C=O) groups excluding carboxylic acids is 1. The van der Waals surface area contributed by atoms with Crippen LogP contribution in [0.1, 0.15) is 25.3 Å². The summed E-state index contributed by atoms with van der Waals surface area (Å²) in [6, 6.07) is 6.61. The predicted octanol–water partition coefficient (Wildman–Crippen LogP) is 2.15. The molecule has 2 saturated heterocycles. The molecule has 2 atom stereocenters. The number of likely N-dealkylation sites (tertiary alicyclic amines) is 2. The molecule has 2 heterocycles. The van der Waals surface area contributed by atoms with Crippen LogP contribution in [0.3, 0.4) is 0 Å². The highest BCUT2D eigenvalue weighted by Crippen LogP contribution is 2.33. The highest BCUT2D eigenvalue weighted by Gasteiger charge is 2.39. The highest BCUT2D eigenvalue weighted by molar-refractivity contribution is 5.73. The fraction of sp³-hybridized carbons (Fsp3) is 0.611. The van der Waals surface area contributed by atoms with Gasteiger partial charge in [-0.3, -0.25) is 9.69 Å². The van der Waals surface area contributed by atoms with E-state index < -0.39 is 0 Å². The van der Waals surface area contributed by atoms with Crippen molar-refractivity contribution in [3.63, 3.8) is 0 Å². The maximum Gasteiger partial charge on any atom is 0.219 e. The molecule has 5 nitrogen and oxygen atoms in total. The van der Waals surface area contributed by atoms with Gasteiger partial charge < -0.3 is 14.4 Å². The van der Waals surface area contributed by atoms with Crippen molar-refractivity contribution in [3.05, 3.63) is 23.8 Å². The zero-order chi connectivity index (χ0) is 16.4. The van der Waals surface area contributed by atoms with E-state index in [1.54, 1.807) is 21.1 Å². The standard InChI is InChI=1S/C18H26N2O3/c1-13(21)20-11-15-5-4-8-19(16(15)12-20)10-14-6-7-17(22-2)18(9-14)23-3/h6-7,9,15-16H,4-5,8,10-12H2,1-3H3/t15-,16+/m1/s1. The van der Waals surface area contributed by atoms with Crippen molar-refractivity contribution in [2.24, 2.45) is 5.92 Å². The number of hydrogen-bond donors (Lipinski definition) is 0. The molecule has 0 unspecified atom stereocenters. The van der Waals surface area contributed by atoms with Gasteiger partial charge in [0.15, 0.2) is 11.5 Å². The number of ether oxygens (including phenoxy) is 2. The van der Waals surface area contributed by atoms with E-state index in [4.69, 9.17) is 9.47 Å². The van der Waals surface area contributed by atoms with Gasteiger partial charge in [0.05, 0.1) is 14.2 Å². The van der Waals surface area contributed by atoms with E-state index in [9.17, 15) is 4.79 Å². The van der Waals surface area contributed by atoms with Gasteiger partial charge in [0.1, 0.15) is 0 Å². The van der Waals surface area contributed by atoms with Crippen LogP contribution in [0.2, 0.25) is 0 Å². The van der Waals surface area contributed by atoms with Gasteiger partial charge in [-0.1, -0.05) is 6.07 Å². The Hall–Kier alpha value is -1.75. The predicted molar refractivity (Wildman–Crippen MR) is 88.7 cm³/mol. The topological polar surface area (TPSA) is 42.0 Å². The molecular weight excluding hydrogens is 292 g/mol. The van der Waals surface area contributed by atoms with Gasteiger partial charge in [0.2, 0.25) is 5.91 Å². The van der Waals surface area contributed by atoms with Crippen molar-refractivity contribution >= 4 is 5.91 Å². The van der Waals surface area contributed by atoms with Gasteiger partial charge in [0.25, 0.3) is 0 Å². The van der Waals surface area contributed by atoms with Crippen LogP contribution in [-0.4, -0.2) is 55.6 Å². The molecule has 0 saturated carbocycles. The van der Waals surface area contributed by atoms with Crippen LogP contribution in [0.4, 0.5) is 0 Å². The van der Waals surface area contributed by atoms with Crippen LogP contribution in [0.5, 0.6) is 11.5 Å². The molecule has 2 fully saturated rings. The molecule has 3 rings (SSSR count). The molecule has 0 aliphatic carbocycles. The molecule has 2 aliphatic rings. The number of rotatable bonds is 4. The number of nitrogens with zero attached hydrogens (tertiary/aromatic N) is 2. The summed E-state index contributed by atoms with van der Waals surface area (Å²) in [5.41, 5.74) is 1.23. The molecule has 0 N–H and O–H groups in total. The van der Waals surface area contributed by atoms with Crippen LogP contribution in [0.25, 0.3) is 0 Å². The van der Waals surface area contributed by atoms with E-state index in [1.807, 2.05) is 11.0 Å². The summed E-state index contributed by atoms with van der Waals surface area (Å²) in [5, 5.41) is 0. The highest BCUT2D eigenvalue weighted by atomic mass is 16.5. The molecule has 0 radical (unpaired) electrons. The summed E-state index contributed by atoms with van der Waals surface area (Å²) in [7, 11) is 3.32. The second kappa shape index (κ2) is 6.79. The van der Waals surface area contributed by atoms with Crippen LogP contribution < -0.4 is 9.47 Å². The third-order valence-corrected chi connectivity index (χ3v) is 5.17. The lowest BCUT2D eigenvalue weighted by Gasteiger charge is -2.36. The van der Waals surface area contributed by atoms with Crippen molar-refractivity contribution in [1.29, 1.82) is 0 Å². The zero-order valence-electron chi connectivity index (χ0n) is 14.2. The summed E-state index contributed by atoms with van der Waals surface area (Å²) >= 11 is 0. The number of amides is 1. The smallest absolute Gasteiger partial charge is 0.219 e. The van der Waals surface area contributed by atoms with Gasteiger partial charge in [-0.25, -0.2) is 0 Å². The summed E-state index contributed by atoms with van der Waals surface area (Å²) in [5.74, 6) is 2.35. The van der Waals surface area contributed by atoms with E-state index >= 15 is 0 Å². The number of methoxy groups -OCH3 is 2. The average molecular weight is 318 g/mol. The molecule has 2 aliphatic heterocycles. The second-order valence-electron chi connectivity index (χ2n) is 6.55. The van der Waals surface area contributed by atoms with Crippen LogP contribution in [0.15, 0.2) is 18.2 Å². The van der Waals surface area contributed by atoms with Gasteiger partial charge >= 0.3 is 0 Å². The average Bonchev–Trinajstić information content (AvgIpc) is 3.00. The zero-order valence-corrected chi connectivity index (χ0v) is 14.2. The Labute approximate surface area is 138 Å². The third kappa shape index (κ3) is 3.29. The van der Waals surface area contributed by atoms with Crippen molar-refractivity contribution in [1.82, 2.24) is 9.80 Å². The first-order valence-electron chi connectivity index (χ1n) is 8.33. The molecular formula is C18H26N2O3. The van der Waals surface area contributed by atoms with Crippen LogP contribution in [0, 0.1) is 5.92 Å². The Morgan fingerprint density at radius 1 is 1.22 bits per heavy atom. The second-order valence-corrected chi connectivity index (χ2v) is 6.55. The number of carbonyl (C=O) groups is 1. The SMILES string of the molecule is COc1ccc(CN2CCC[C@@H]3CN(C(C)=O)C[C@@H]32)cc1OC. The first kappa shape index (κ1) is 16.1. The Balaban J connectivity index is 1.73. The molecule has 0 bridgehead atoms. The lowest BCUT2D eigenvalue weighted by molar-refractivity contribution is -0.128. The fourth-order valence-electron chi connectivity index (χ4n) is 3.94. The van der Waals surface area contributed by atoms with E-state index in [-0.39, 0.29) is 5.91 Å². The largest absolute Gasteiger partial charge is 0.493 e. The van der Waals surface area contributed by atoms with Gasteiger partial charge in [0, 0.05) is 32.6 Å². The van der Waals surface area contributed by atoms with Crippen molar-refractivity contribution in [2.45, 2.75) is 32.4 Å². The molecule has 23 heavy (non-hydrogen) atoms. The molecule has 5 heteroatoms. The summed E-state index contributed by atoms with van der Waals surface area (Å²) < 4.78 is 10.7. The van der Waals surface area contributed by atoms with Crippen molar-refractivity contribution in [3.8, 4) is 11.5 Å². The molecule has 126 valence electrons. The Morgan fingerprint density at radius 3 is 2.70 bits per heavy atom. The van der Waals surface area contributed by atoms with Gasteiger partial charge in [-0.05, 0) is 43.0 Å². The molecule has 0 aromatic heterocycles. The van der Waals surface area contributed by atoms with Crippen molar-refractivity contribution < 1.29 is 14.3 Å². The Kier molecular flexibility index (Phi) is 4.76. The third-order valence-electron chi connectivity index (χ3n) is 5.17. The minimum absolute atomic E-state index is 0.200. The fourth-order valence-corrected chi connectivity index (χ4v) is 3.94. The van der Waals surface area contributed by atoms with Crippen LogP contribution in [-0.2, 0) is 11.3 Å². The molecule has 0 spiro atoms. The normalized spacial score (nSPS) is 24.4. The maximum atomic E-state index is 11.7. The summed E-state index contributed by atoms with van der Waals surface area (Å²) in [6.07, 6.45) is 2.44. The lowest BCUT2D eigenvalue weighted by Crippen LogP contribution is -2.44. The minimum Gasteiger partial charge on any atom is -0.493 e. The summed E-state index contributed by atoms with van der Waals surface area (Å²) in [6.45, 7) is 5.46. The first-order valence-corrected chi connectivity index (χ1v) is 8.33. The quantitative estimate of drug-likeness (QED) is 0.853. The van der Waals surface area contributed by atoms with Gasteiger partial charge in [-0.2, -0.15) is 0 Å². The van der Waals surface area contributed by atoms with E-state index in [1.165, 1.54) is 18.4 Å². The number of benzene rings is 1. The number of fused-ring (bicyclic) bond motifs is 1. The van der Waals surface area contributed by atoms with Gasteiger partial charge in [-0.15, -0.1) is 0 Å².